The number of carbonyl (C=O) groups is 2. The fourth-order valence-electron chi connectivity index (χ4n) is 9.14. The van der Waals surface area contributed by atoms with Gasteiger partial charge < -0.3 is 9.47 Å². The van der Waals surface area contributed by atoms with E-state index in [0.717, 1.165) is 93.7 Å². The normalized spacial score (nSPS) is 17.9. The highest BCUT2D eigenvalue weighted by Crippen LogP contribution is 2.56. The van der Waals surface area contributed by atoms with Crippen molar-refractivity contribution in [3.8, 4) is 28.0 Å². The number of amides is 2. The fraction of sp³-hybridized carbons (Fsp3) is 0.302. The summed E-state index contributed by atoms with van der Waals surface area (Å²) in [4.78, 5) is 29.9. The fourth-order valence-corrected chi connectivity index (χ4v) is 9.14. The predicted molar refractivity (Wildman–Crippen MR) is 190 cm³/mol. The first-order chi connectivity index (χ1) is 23.4. The van der Waals surface area contributed by atoms with Gasteiger partial charge in [0.25, 0.3) is 11.8 Å². The lowest BCUT2D eigenvalue weighted by molar-refractivity contribution is 0.0653. The Labute approximate surface area is 282 Å². The van der Waals surface area contributed by atoms with E-state index >= 15 is 0 Å². The lowest BCUT2D eigenvalue weighted by Gasteiger charge is -2.38. The van der Waals surface area contributed by atoms with Gasteiger partial charge in [0.05, 0.1) is 25.3 Å². The highest BCUT2D eigenvalue weighted by molar-refractivity contribution is 6.24. The number of benzene rings is 4. The average Bonchev–Trinajstić information content (AvgIpc) is 3.37. The van der Waals surface area contributed by atoms with Crippen LogP contribution < -0.4 is 4.74 Å². The van der Waals surface area contributed by atoms with Crippen LogP contribution in [0.25, 0.3) is 27.8 Å². The van der Waals surface area contributed by atoms with Crippen molar-refractivity contribution >= 4 is 17.4 Å². The summed E-state index contributed by atoms with van der Waals surface area (Å²) >= 11 is 0. The third-order valence-corrected chi connectivity index (χ3v) is 11.1. The molecular weight excluding hydrogens is 594 g/mol. The zero-order chi connectivity index (χ0) is 33.3. The van der Waals surface area contributed by atoms with E-state index in [1.54, 1.807) is 14.2 Å². The summed E-state index contributed by atoms with van der Waals surface area (Å²) in [7, 11) is 3.53. The minimum absolute atomic E-state index is 0.132. The monoisotopic (exact) mass is 635 g/mol. The lowest BCUT2D eigenvalue weighted by Crippen LogP contribution is -2.30. The number of hydrogen-bond acceptors (Lipinski definition) is 4. The smallest absolute Gasteiger partial charge is 0.261 e. The Hall–Kier alpha value is -4.90. The van der Waals surface area contributed by atoms with Crippen LogP contribution in [0.4, 0.5) is 0 Å². The molecule has 242 valence electrons. The first kappa shape index (κ1) is 30.4. The van der Waals surface area contributed by atoms with E-state index in [1.807, 2.05) is 13.0 Å². The molecule has 1 atom stereocenters. The van der Waals surface area contributed by atoms with Crippen LogP contribution in [0, 0.1) is 6.92 Å². The van der Waals surface area contributed by atoms with E-state index in [4.69, 9.17) is 9.47 Å². The van der Waals surface area contributed by atoms with Gasteiger partial charge in [0, 0.05) is 18.0 Å². The van der Waals surface area contributed by atoms with Crippen molar-refractivity contribution < 1.29 is 19.1 Å². The van der Waals surface area contributed by atoms with E-state index < -0.39 is 0 Å². The average molecular weight is 636 g/mol. The van der Waals surface area contributed by atoms with Crippen LogP contribution in [0.1, 0.15) is 93.1 Å². The molecule has 4 aromatic carbocycles. The molecular formula is C43H41NO4. The van der Waals surface area contributed by atoms with Crippen molar-refractivity contribution in [2.24, 2.45) is 0 Å². The standard InChI is InChI=1S/C43H41NO4/c1-6-21-44-42(45)38-30-19-17-28-22-32(26-13-9-7-10-14-26)40(47-4)24(2)34(28)36(30)37-31(39(38)43(44)46)20-18-29-23-33(27-15-11-8-12-16-27)41(48-5)25(3)35(29)37/h7-16,22,33H,6,17-21,23H2,1-5H3. The molecule has 0 saturated carbocycles. The molecule has 48 heavy (non-hydrogen) atoms. The van der Waals surface area contributed by atoms with Crippen LogP contribution in [0.5, 0.6) is 5.75 Å². The third-order valence-electron chi connectivity index (χ3n) is 11.1. The van der Waals surface area contributed by atoms with E-state index in [1.165, 1.54) is 27.2 Å². The van der Waals surface area contributed by atoms with Gasteiger partial charge >= 0.3 is 0 Å². The minimum atomic E-state index is -0.137. The van der Waals surface area contributed by atoms with Crippen LogP contribution in [0.3, 0.4) is 0 Å². The molecule has 0 spiro atoms. The lowest BCUT2D eigenvalue weighted by atomic mass is 9.66. The molecule has 5 nitrogen and oxygen atoms in total. The zero-order valence-corrected chi connectivity index (χ0v) is 28.5. The molecule has 0 N–H and O–H groups in total. The molecule has 2 amide bonds. The number of imide groups is 1. The number of allylic oxidation sites excluding steroid dienone is 4. The molecule has 0 aromatic heterocycles. The topological polar surface area (TPSA) is 55.8 Å². The van der Waals surface area contributed by atoms with Crippen molar-refractivity contribution in [1.29, 1.82) is 0 Å². The Morgan fingerprint density at radius 2 is 1.40 bits per heavy atom. The highest BCUT2D eigenvalue weighted by atomic mass is 16.5. The van der Waals surface area contributed by atoms with Crippen molar-refractivity contribution in [2.75, 3.05) is 20.8 Å². The predicted octanol–water partition coefficient (Wildman–Crippen LogP) is 9.25. The first-order valence-electron chi connectivity index (χ1n) is 17.3. The molecule has 4 aliphatic rings. The number of rotatable bonds is 6. The second-order valence-electron chi connectivity index (χ2n) is 13.5. The molecule has 0 radical (unpaired) electrons. The van der Waals surface area contributed by atoms with Crippen molar-refractivity contribution in [1.82, 2.24) is 4.90 Å². The van der Waals surface area contributed by atoms with Gasteiger partial charge in [-0.25, -0.2) is 0 Å². The number of aryl methyl sites for hydroxylation is 1. The summed E-state index contributed by atoms with van der Waals surface area (Å²) < 4.78 is 12.4. The zero-order valence-electron chi connectivity index (χ0n) is 28.5. The SMILES string of the molecule is CCCN1C(=O)c2c3c(c4c(c2C1=O)CCc1cc(-c2ccccc2)c(OC)c(C)c1-4)C1=C(CC3)CC(c2ccccc2)C(OC)=C1C. The van der Waals surface area contributed by atoms with Crippen LogP contribution in [-0.2, 0) is 24.0 Å². The van der Waals surface area contributed by atoms with E-state index in [2.05, 4.69) is 74.5 Å². The quantitative estimate of drug-likeness (QED) is 0.198. The summed E-state index contributed by atoms with van der Waals surface area (Å²) in [6.45, 7) is 6.79. The van der Waals surface area contributed by atoms with Gasteiger partial charge in [0.15, 0.2) is 0 Å². The van der Waals surface area contributed by atoms with Gasteiger partial charge in [-0.05, 0) is 120 Å². The maximum absolute atomic E-state index is 14.2. The van der Waals surface area contributed by atoms with Crippen LogP contribution >= 0.6 is 0 Å². The van der Waals surface area contributed by atoms with Gasteiger partial charge in [-0.3, -0.25) is 14.5 Å². The van der Waals surface area contributed by atoms with Gasteiger partial charge in [-0.1, -0.05) is 73.2 Å². The van der Waals surface area contributed by atoms with Crippen molar-refractivity contribution in [2.45, 2.75) is 65.2 Å². The molecule has 3 aliphatic carbocycles. The Morgan fingerprint density at radius 3 is 2.04 bits per heavy atom. The van der Waals surface area contributed by atoms with Crippen molar-refractivity contribution in [3.05, 3.63) is 128 Å². The Bertz CT molecular complexity index is 2090. The van der Waals surface area contributed by atoms with E-state index in [9.17, 15) is 9.59 Å². The summed E-state index contributed by atoms with van der Waals surface area (Å²) in [5, 5.41) is 0. The Balaban J connectivity index is 1.45. The molecule has 1 aliphatic heterocycles. The summed E-state index contributed by atoms with van der Waals surface area (Å²) in [5.74, 6) is 1.68. The van der Waals surface area contributed by atoms with Crippen LogP contribution in [0.15, 0.2) is 83.6 Å². The van der Waals surface area contributed by atoms with Gasteiger partial charge in [-0.15, -0.1) is 0 Å². The van der Waals surface area contributed by atoms with Crippen molar-refractivity contribution in [3.63, 3.8) is 0 Å². The molecule has 0 saturated heterocycles. The molecule has 8 rings (SSSR count). The molecule has 0 bridgehead atoms. The van der Waals surface area contributed by atoms with Crippen LogP contribution in [-0.4, -0.2) is 37.5 Å². The van der Waals surface area contributed by atoms with Gasteiger partial charge in [0.2, 0.25) is 0 Å². The number of fused-ring (bicyclic) bond motifs is 9. The number of nitrogens with zero attached hydrogens (tertiary/aromatic N) is 1. The Kier molecular flexibility index (Phi) is 7.39. The third kappa shape index (κ3) is 4.29. The van der Waals surface area contributed by atoms with Gasteiger partial charge in [0.1, 0.15) is 11.5 Å². The minimum Gasteiger partial charge on any atom is -0.500 e. The summed E-state index contributed by atoms with van der Waals surface area (Å²) in [6, 6.07) is 23.3. The molecule has 0 fully saturated rings. The molecule has 1 heterocycles. The molecule has 1 unspecified atom stereocenters. The number of ether oxygens (including phenoxy) is 2. The summed E-state index contributed by atoms with van der Waals surface area (Å²) in [6.07, 6.45) is 4.66. The van der Waals surface area contributed by atoms with E-state index in [-0.39, 0.29) is 17.7 Å². The maximum atomic E-state index is 14.2. The Morgan fingerprint density at radius 1 is 0.750 bits per heavy atom. The number of hydrogen-bond donors (Lipinski definition) is 0. The van der Waals surface area contributed by atoms with E-state index in [0.29, 0.717) is 24.1 Å². The van der Waals surface area contributed by atoms with Crippen LogP contribution in [0.2, 0.25) is 0 Å². The second-order valence-corrected chi connectivity index (χ2v) is 13.5. The maximum Gasteiger partial charge on any atom is 0.261 e. The molecule has 5 heteroatoms. The summed E-state index contributed by atoms with van der Waals surface area (Å²) in [5.41, 5.74) is 16.2. The number of methoxy groups -OCH3 is 2. The number of carbonyl (C=O) groups excluding carboxylic acids is 2. The molecule has 4 aromatic rings. The highest BCUT2D eigenvalue weighted by Gasteiger charge is 2.45. The van der Waals surface area contributed by atoms with Gasteiger partial charge in [-0.2, -0.15) is 0 Å². The first-order valence-corrected chi connectivity index (χ1v) is 17.3. The largest absolute Gasteiger partial charge is 0.500 e. The second kappa shape index (κ2) is 11.7.